The van der Waals surface area contributed by atoms with Crippen molar-refractivity contribution in [2.45, 2.75) is 11.4 Å². The van der Waals surface area contributed by atoms with Gasteiger partial charge in [-0.1, -0.05) is 24.3 Å². The number of pyridine rings is 1. The molecule has 0 saturated heterocycles. The van der Waals surface area contributed by atoms with E-state index in [2.05, 4.69) is 9.82 Å². The number of sulfonamides is 1. The van der Waals surface area contributed by atoms with Gasteiger partial charge < -0.3 is 0 Å². The Morgan fingerprint density at radius 2 is 1.80 bits per heavy atom. The average Bonchev–Trinajstić information content (AvgIpc) is 2.89. The van der Waals surface area contributed by atoms with E-state index in [4.69, 9.17) is 0 Å². The molecule has 102 valence electrons. The van der Waals surface area contributed by atoms with Gasteiger partial charge in [0, 0.05) is 18.3 Å². The first-order chi connectivity index (χ1) is 9.67. The minimum Gasteiger partial charge on any atom is -0.241 e. The summed E-state index contributed by atoms with van der Waals surface area (Å²) in [5, 5.41) is 4.17. The van der Waals surface area contributed by atoms with Crippen LogP contribution in [0, 0.1) is 0 Å². The van der Waals surface area contributed by atoms with Gasteiger partial charge in [0.1, 0.15) is 0 Å². The SMILES string of the molecule is O=S(=O)(NCc1cnn2ccccc12)c1ccccc1. The molecule has 0 radical (unpaired) electrons. The Labute approximate surface area is 116 Å². The molecule has 0 aliphatic carbocycles. The molecule has 6 heteroatoms. The van der Waals surface area contributed by atoms with Crippen LogP contribution in [0.1, 0.15) is 5.56 Å². The Kier molecular flexibility index (Phi) is 3.25. The van der Waals surface area contributed by atoms with Crippen molar-refractivity contribution in [2.24, 2.45) is 0 Å². The summed E-state index contributed by atoms with van der Waals surface area (Å²) in [6.07, 6.45) is 3.49. The van der Waals surface area contributed by atoms with Crippen LogP contribution in [-0.4, -0.2) is 18.0 Å². The van der Waals surface area contributed by atoms with Gasteiger partial charge in [0.05, 0.1) is 16.6 Å². The summed E-state index contributed by atoms with van der Waals surface area (Å²) in [4.78, 5) is 0.261. The van der Waals surface area contributed by atoms with Gasteiger partial charge in [-0.2, -0.15) is 5.10 Å². The molecule has 0 bridgehead atoms. The molecule has 0 amide bonds. The Morgan fingerprint density at radius 3 is 2.60 bits per heavy atom. The molecule has 2 aromatic heterocycles. The zero-order valence-corrected chi connectivity index (χ0v) is 11.4. The highest BCUT2D eigenvalue weighted by molar-refractivity contribution is 7.89. The maximum absolute atomic E-state index is 12.1. The summed E-state index contributed by atoms with van der Waals surface area (Å²) in [6, 6.07) is 14.0. The quantitative estimate of drug-likeness (QED) is 0.796. The first-order valence-electron chi connectivity index (χ1n) is 6.13. The minimum atomic E-state index is -3.49. The monoisotopic (exact) mass is 287 g/mol. The number of benzene rings is 1. The standard InChI is InChI=1S/C14H13N3O2S/c18-20(19,13-6-2-1-3-7-13)16-11-12-10-15-17-9-5-4-8-14(12)17/h1-10,16H,11H2. The Hall–Kier alpha value is -2.18. The number of hydrogen-bond acceptors (Lipinski definition) is 3. The van der Waals surface area contributed by atoms with Crippen LogP contribution >= 0.6 is 0 Å². The van der Waals surface area contributed by atoms with E-state index >= 15 is 0 Å². The molecule has 0 unspecified atom stereocenters. The molecular formula is C14H13N3O2S. The van der Waals surface area contributed by atoms with Crippen molar-refractivity contribution in [3.63, 3.8) is 0 Å². The third kappa shape index (κ3) is 2.43. The van der Waals surface area contributed by atoms with Crippen LogP contribution in [0.5, 0.6) is 0 Å². The second kappa shape index (κ2) is 5.07. The summed E-state index contributed by atoms with van der Waals surface area (Å²) in [7, 11) is -3.49. The summed E-state index contributed by atoms with van der Waals surface area (Å²) in [5.74, 6) is 0. The number of hydrogen-bond donors (Lipinski definition) is 1. The lowest BCUT2D eigenvalue weighted by atomic mass is 10.3. The van der Waals surface area contributed by atoms with Gasteiger partial charge in [0.2, 0.25) is 10.0 Å². The largest absolute Gasteiger partial charge is 0.241 e. The third-order valence-corrected chi connectivity index (χ3v) is 4.43. The Balaban J connectivity index is 1.83. The van der Waals surface area contributed by atoms with Crippen molar-refractivity contribution >= 4 is 15.5 Å². The van der Waals surface area contributed by atoms with Crippen LogP contribution in [0.25, 0.3) is 5.52 Å². The molecule has 20 heavy (non-hydrogen) atoms. The number of nitrogens with one attached hydrogen (secondary N) is 1. The van der Waals surface area contributed by atoms with Gasteiger partial charge in [0.15, 0.2) is 0 Å². The van der Waals surface area contributed by atoms with E-state index in [0.717, 1.165) is 11.1 Å². The highest BCUT2D eigenvalue weighted by Crippen LogP contribution is 2.12. The molecule has 2 heterocycles. The maximum Gasteiger partial charge on any atom is 0.240 e. The predicted octanol–water partition coefficient (Wildman–Crippen LogP) is 1.81. The molecule has 3 aromatic rings. The number of aromatic nitrogens is 2. The summed E-state index contributed by atoms with van der Waals surface area (Å²) in [5.41, 5.74) is 1.73. The molecule has 0 fully saturated rings. The van der Waals surface area contributed by atoms with E-state index in [-0.39, 0.29) is 11.4 Å². The lowest BCUT2D eigenvalue weighted by Crippen LogP contribution is -2.23. The number of fused-ring (bicyclic) bond motifs is 1. The van der Waals surface area contributed by atoms with Gasteiger partial charge >= 0.3 is 0 Å². The molecule has 0 atom stereocenters. The van der Waals surface area contributed by atoms with Gasteiger partial charge in [-0.05, 0) is 24.3 Å². The number of nitrogens with zero attached hydrogens (tertiary/aromatic N) is 2. The lowest BCUT2D eigenvalue weighted by molar-refractivity contribution is 0.581. The number of rotatable bonds is 4. The normalized spacial score (nSPS) is 11.8. The van der Waals surface area contributed by atoms with Crippen LogP contribution in [0.3, 0.4) is 0 Å². The van der Waals surface area contributed by atoms with Crippen molar-refractivity contribution in [1.82, 2.24) is 14.3 Å². The van der Waals surface area contributed by atoms with E-state index < -0.39 is 10.0 Å². The van der Waals surface area contributed by atoms with E-state index in [9.17, 15) is 8.42 Å². The van der Waals surface area contributed by atoms with Crippen LogP contribution in [-0.2, 0) is 16.6 Å². The molecule has 0 aliphatic rings. The van der Waals surface area contributed by atoms with Gasteiger partial charge in [-0.25, -0.2) is 17.7 Å². The van der Waals surface area contributed by atoms with E-state index in [1.807, 2.05) is 24.4 Å². The second-order valence-electron chi connectivity index (χ2n) is 4.34. The summed E-state index contributed by atoms with van der Waals surface area (Å²) in [6.45, 7) is 0.213. The van der Waals surface area contributed by atoms with E-state index in [1.165, 1.54) is 0 Å². The zero-order chi connectivity index (χ0) is 14.0. The van der Waals surface area contributed by atoms with Crippen molar-refractivity contribution in [3.8, 4) is 0 Å². The molecule has 0 spiro atoms. The molecular weight excluding hydrogens is 274 g/mol. The predicted molar refractivity (Wildman–Crippen MR) is 75.7 cm³/mol. The average molecular weight is 287 g/mol. The van der Waals surface area contributed by atoms with Crippen molar-refractivity contribution in [2.75, 3.05) is 0 Å². The van der Waals surface area contributed by atoms with Crippen LogP contribution < -0.4 is 4.72 Å². The Bertz CT molecular complexity index is 826. The zero-order valence-electron chi connectivity index (χ0n) is 10.6. The molecule has 1 aromatic carbocycles. The van der Waals surface area contributed by atoms with E-state index in [1.54, 1.807) is 41.0 Å². The fourth-order valence-corrected chi connectivity index (χ4v) is 3.01. The Morgan fingerprint density at radius 1 is 1.05 bits per heavy atom. The molecule has 5 nitrogen and oxygen atoms in total. The molecule has 1 N–H and O–H groups in total. The van der Waals surface area contributed by atoms with Gasteiger partial charge in [0.25, 0.3) is 0 Å². The fraction of sp³-hybridized carbons (Fsp3) is 0.0714. The van der Waals surface area contributed by atoms with Crippen LogP contribution in [0.15, 0.2) is 65.8 Å². The molecule has 3 rings (SSSR count). The van der Waals surface area contributed by atoms with Crippen LogP contribution in [0.2, 0.25) is 0 Å². The first-order valence-corrected chi connectivity index (χ1v) is 7.61. The lowest BCUT2D eigenvalue weighted by Gasteiger charge is -2.05. The minimum absolute atomic E-state index is 0.213. The van der Waals surface area contributed by atoms with E-state index in [0.29, 0.717) is 0 Å². The maximum atomic E-state index is 12.1. The summed E-state index contributed by atoms with van der Waals surface area (Å²) < 4.78 is 28.6. The van der Waals surface area contributed by atoms with Gasteiger partial charge in [-0.15, -0.1) is 0 Å². The first kappa shape index (κ1) is 12.8. The molecule has 0 saturated carbocycles. The summed E-state index contributed by atoms with van der Waals surface area (Å²) >= 11 is 0. The molecule has 0 aliphatic heterocycles. The van der Waals surface area contributed by atoms with Crippen LogP contribution in [0.4, 0.5) is 0 Å². The highest BCUT2D eigenvalue weighted by Gasteiger charge is 2.14. The highest BCUT2D eigenvalue weighted by atomic mass is 32.2. The van der Waals surface area contributed by atoms with Crippen molar-refractivity contribution < 1.29 is 8.42 Å². The van der Waals surface area contributed by atoms with Gasteiger partial charge in [-0.3, -0.25) is 0 Å². The fourth-order valence-electron chi connectivity index (χ4n) is 1.98. The topological polar surface area (TPSA) is 63.5 Å². The van der Waals surface area contributed by atoms with Crippen molar-refractivity contribution in [3.05, 3.63) is 66.5 Å². The third-order valence-electron chi connectivity index (χ3n) is 3.01. The second-order valence-corrected chi connectivity index (χ2v) is 6.10. The smallest absolute Gasteiger partial charge is 0.240 e. The van der Waals surface area contributed by atoms with Crippen molar-refractivity contribution in [1.29, 1.82) is 0 Å².